The second-order valence-corrected chi connectivity index (χ2v) is 12.6. The Morgan fingerprint density at radius 1 is 1.10 bits per heavy atom. The van der Waals surface area contributed by atoms with E-state index in [0.717, 1.165) is 5.56 Å². The third-order valence-electron chi connectivity index (χ3n) is 5.31. The van der Waals surface area contributed by atoms with Gasteiger partial charge in [-0.2, -0.15) is 0 Å². The van der Waals surface area contributed by atoms with Gasteiger partial charge in [-0.25, -0.2) is 25.9 Å². The van der Waals surface area contributed by atoms with Gasteiger partial charge >= 0.3 is 0 Å². The molecule has 1 amide bonds. The summed E-state index contributed by atoms with van der Waals surface area (Å²) < 4.78 is 64.6. The number of thioether (sulfide) groups is 1. The van der Waals surface area contributed by atoms with Crippen molar-refractivity contribution in [3.8, 4) is 0 Å². The first-order chi connectivity index (χ1) is 14.6. The van der Waals surface area contributed by atoms with Crippen LogP contribution in [0, 0.1) is 5.82 Å². The number of carbonyl (C=O) groups is 1. The lowest BCUT2D eigenvalue weighted by molar-refractivity contribution is 0.0934. The molecule has 2 atom stereocenters. The monoisotopic (exact) mass is 484 g/mol. The first-order valence-electron chi connectivity index (χ1n) is 9.69. The van der Waals surface area contributed by atoms with Crippen LogP contribution < -0.4 is 10.0 Å². The molecule has 0 aromatic heterocycles. The van der Waals surface area contributed by atoms with Gasteiger partial charge in [0.05, 0.1) is 22.4 Å². The van der Waals surface area contributed by atoms with Crippen molar-refractivity contribution < 1.29 is 26.0 Å². The highest BCUT2D eigenvalue weighted by molar-refractivity contribution is 7.99. The van der Waals surface area contributed by atoms with Gasteiger partial charge in [0.1, 0.15) is 5.82 Å². The van der Waals surface area contributed by atoms with Gasteiger partial charge < -0.3 is 5.32 Å². The molecule has 2 heterocycles. The van der Waals surface area contributed by atoms with Crippen molar-refractivity contribution in [1.82, 2.24) is 10.0 Å². The van der Waals surface area contributed by atoms with Crippen LogP contribution in [0.3, 0.4) is 0 Å². The zero-order chi connectivity index (χ0) is 22.2. The lowest BCUT2D eigenvalue weighted by Crippen LogP contribution is -2.35. The summed E-state index contributed by atoms with van der Waals surface area (Å²) in [6.07, 6.45) is 0.900. The maximum absolute atomic E-state index is 14.0. The minimum Gasteiger partial charge on any atom is -0.345 e. The Bertz CT molecular complexity index is 1210. The fourth-order valence-electron chi connectivity index (χ4n) is 3.74. The van der Waals surface area contributed by atoms with Crippen LogP contribution in [0.4, 0.5) is 4.39 Å². The number of amides is 1. The van der Waals surface area contributed by atoms with E-state index in [-0.39, 0.29) is 46.2 Å². The Morgan fingerprint density at radius 2 is 1.84 bits per heavy atom. The average Bonchev–Trinajstić information content (AvgIpc) is 3.06. The van der Waals surface area contributed by atoms with Gasteiger partial charge in [-0.05, 0) is 48.7 Å². The van der Waals surface area contributed by atoms with Crippen LogP contribution in [0.2, 0.25) is 0 Å². The number of carbonyl (C=O) groups excluding carboxylic acids is 1. The SMILES string of the molecule is O=C(NC1CCSc2c(F)cccc21)c1ccc(S(=O)(=O)NC2CCS(=O)(=O)C2)cc1. The summed E-state index contributed by atoms with van der Waals surface area (Å²) in [7, 11) is -7.11. The predicted molar refractivity (Wildman–Crippen MR) is 116 cm³/mol. The molecule has 11 heteroatoms. The van der Waals surface area contributed by atoms with E-state index in [2.05, 4.69) is 10.0 Å². The van der Waals surface area contributed by atoms with Crippen molar-refractivity contribution in [3.05, 3.63) is 59.4 Å². The van der Waals surface area contributed by atoms with Crippen molar-refractivity contribution in [2.45, 2.75) is 34.7 Å². The number of sulfone groups is 1. The van der Waals surface area contributed by atoms with E-state index >= 15 is 0 Å². The lowest BCUT2D eigenvalue weighted by atomic mass is 10.0. The Morgan fingerprint density at radius 3 is 2.52 bits per heavy atom. The van der Waals surface area contributed by atoms with E-state index in [9.17, 15) is 26.0 Å². The molecular weight excluding hydrogens is 463 g/mol. The summed E-state index contributed by atoms with van der Waals surface area (Å²) in [6, 6.07) is 9.25. The highest BCUT2D eigenvalue weighted by Crippen LogP contribution is 2.37. The number of fused-ring (bicyclic) bond motifs is 1. The number of benzene rings is 2. The topological polar surface area (TPSA) is 109 Å². The van der Waals surface area contributed by atoms with Crippen molar-refractivity contribution in [1.29, 1.82) is 0 Å². The molecule has 0 bridgehead atoms. The number of nitrogens with one attached hydrogen (secondary N) is 2. The van der Waals surface area contributed by atoms with Crippen LogP contribution in [0.1, 0.15) is 34.8 Å². The molecule has 4 rings (SSSR count). The summed E-state index contributed by atoms with van der Waals surface area (Å²) in [6.45, 7) is 0. The van der Waals surface area contributed by atoms with Gasteiger partial charge in [0.15, 0.2) is 9.84 Å². The van der Waals surface area contributed by atoms with E-state index < -0.39 is 25.9 Å². The van der Waals surface area contributed by atoms with Gasteiger partial charge in [-0.15, -0.1) is 11.8 Å². The number of rotatable bonds is 5. The highest BCUT2D eigenvalue weighted by Gasteiger charge is 2.31. The minimum absolute atomic E-state index is 0.0357. The molecule has 2 unspecified atom stereocenters. The van der Waals surface area contributed by atoms with Gasteiger partial charge in [0, 0.05) is 22.3 Å². The molecule has 2 aromatic rings. The predicted octanol–water partition coefficient (Wildman–Crippen LogP) is 2.26. The van der Waals surface area contributed by atoms with Crippen molar-refractivity contribution in [2.75, 3.05) is 17.3 Å². The number of halogens is 1. The molecule has 2 aliphatic heterocycles. The summed E-state index contributed by atoms with van der Waals surface area (Å²) in [5.41, 5.74) is 1.01. The summed E-state index contributed by atoms with van der Waals surface area (Å²) in [4.78, 5) is 13.2. The van der Waals surface area contributed by atoms with Crippen LogP contribution in [0.5, 0.6) is 0 Å². The molecule has 166 valence electrons. The summed E-state index contributed by atoms with van der Waals surface area (Å²) >= 11 is 1.42. The molecule has 0 aliphatic carbocycles. The zero-order valence-electron chi connectivity index (χ0n) is 16.4. The molecule has 7 nitrogen and oxygen atoms in total. The number of hydrogen-bond donors (Lipinski definition) is 2. The maximum Gasteiger partial charge on any atom is 0.251 e. The third-order valence-corrected chi connectivity index (χ3v) is 9.78. The first kappa shape index (κ1) is 22.3. The quantitative estimate of drug-likeness (QED) is 0.674. The van der Waals surface area contributed by atoms with Crippen LogP contribution in [-0.4, -0.2) is 46.0 Å². The molecule has 31 heavy (non-hydrogen) atoms. The van der Waals surface area contributed by atoms with Crippen LogP contribution in [0.25, 0.3) is 0 Å². The molecule has 0 radical (unpaired) electrons. The average molecular weight is 485 g/mol. The van der Waals surface area contributed by atoms with Crippen LogP contribution >= 0.6 is 11.8 Å². The summed E-state index contributed by atoms with van der Waals surface area (Å²) in [5.74, 6) is -0.261. The highest BCUT2D eigenvalue weighted by atomic mass is 32.2. The van der Waals surface area contributed by atoms with E-state index in [0.29, 0.717) is 17.1 Å². The lowest BCUT2D eigenvalue weighted by Gasteiger charge is -2.26. The standard InChI is InChI=1S/C20H21FN2O5S3/c21-17-3-1-2-16-18(8-10-29-19(16)17)22-20(24)13-4-6-15(7-5-13)31(27,28)23-14-9-11-30(25,26)12-14/h1-7,14,18,23H,8-12H2,(H,22,24). The molecule has 1 fully saturated rings. The number of sulfonamides is 1. The van der Waals surface area contributed by atoms with E-state index in [4.69, 9.17) is 0 Å². The maximum atomic E-state index is 14.0. The fourth-order valence-corrected chi connectivity index (χ4v) is 7.93. The molecule has 0 saturated carbocycles. The van der Waals surface area contributed by atoms with E-state index in [1.807, 2.05) is 0 Å². The number of hydrogen-bond acceptors (Lipinski definition) is 6. The van der Waals surface area contributed by atoms with Crippen molar-refractivity contribution in [3.63, 3.8) is 0 Å². The van der Waals surface area contributed by atoms with Crippen molar-refractivity contribution >= 4 is 37.5 Å². The van der Waals surface area contributed by atoms with E-state index in [1.165, 1.54) is 42.1 Å². The molecule has 2 N–H and O–H groups in total. The van der Waals surface area contributed by atoms with Gasteiger partial charge in [-0.1, -0.05) is 12.1 Å². The second kappa shape index (κ2) is 8.53. The summed E-state index contributed by atoms with van der Waals surface area (Å²) in [5, 5.41) is 2.89. The Labute approximate surface area is 184 Å². The van der Waals surface area contributed by atoms with Crippen LogP contribution in [-0.2, 0) is 19.9 Å². The first-order valence-corrected chi connectivity index (χ1v) is 14.0. The van der Waals surface area contributed by atoms with Gasteiger partial charge in [0.2, 0.25) is 10.0 Å². The molecule has 2 aromatic carbocycles. The molecule has 2 aliphatic rings. The molecule has 0 spiro atoms. The fraction of sp³-hybridized carbons (Fsp3) is 0.350. The smallest absolute Gasteiger partial charge is 0.251 e. The Balaban J connectivity index is 1.45. The van der Waals surface area contributed by atoms with Gasteiger partial charge in [-0.3, -0.25) is 4.79 Å². The third kappa shape index (κ3) is 4.94. The zero-order valence-corrected chi connectivity index (χ0v) is 18.8. The largest absolute Gasteiger partial charge is 0.345 e. The van der Waals surface area contributed by atoms with Crippen molar-refractivity contribution in [2.24, 2.45) is 0 Å². The normalized spacial score (nSPS) is 22.6. The molecule has 1 saturated heterocycles. The minimum atomic E-state index is -3.90. The second-order valence-electron chi connectivity index (χ2n) is 7.57. The molecular formula is C20H21FN2O5S3. The Hall–Kier alpha value is -1.95. The van der Waals surface area contributed by atoms with E-state index in [1.54, 1.807) is 12.1 Å². The van der Waals surface area contributed by atoms with Crippen LogP contribution in [0.15, 0.2) is 52.3 Å². The van der Waals surface area contributed by atoms with Gasteiger partial charge in [0.25, 0.3) is 5.91 Å². The Kier molecular flexibility index (Phi) is 6.12.